The second-order valence-electron chi connectivity index (χ2n) is 4.64. The zero-order valence-electron chi connectivity index (χ0n) is 8.50. The van der Waals surface area contributed by atoms with E-state index >= 15 is 0 Å². The van der Waals surface area contributed by atoms with Gasteiger partial charge in [0.2, 0.25) is 0 Å². The summed E-state index contributed by atoms with van der Waals surface area (Å²) in [5.41, 5.74) is 1.48. The van der Waals surface area contributed by atoms with Crippen LogP contribution in [0.5, 0.6) is 0 Å². The molecule has 0 saturated heterocycles. The maximum absolute atomic E-state index is 11.8. The predicted octanol–water partition coefficient (Wildman–Crippen LogP) is 2.73. The first-order valence-corrected chi connectivity index (χ1v) is 4.95. The lowest BCUT2D eigenvalue weighted by Crippen LogP contribution is -2.26. The van der Waals surface area contributed by atoms with Crippen LogP contribution < -0.4 is 0 Å². The molecule has 0 spiro atoms. The normalized spacial score (nSPS) is 43.3. The van der Waals surface area contributed by atoms with E-state index in [1.54, 1.807) is 0 Å². The van der Waals surface area contributed by atoms with Gasteiger partial charge in [0.05, 0.1) is 0 Å². The molecular formula is C12H16O. The monoisotopic (exact) mass is 176 g/mol. The van der Waals surface area contributed by atoms with Crippen molar-refractivity contribution < 1.29 is 4.79 Å². The van der Waals surface area contributed by atoms with E-state index in [4.69, 9.17) is 0 Å². The summed E-state index contributed by atoms with van der Waals surface area (Å²) in [6.45, 7) is 6.41. The van der Waals surface area contributed by atoms with Gasteiger partial charge in [0.25, 0.3) is 0 Å². The molecule has 13 heavy (non-hydrogen) atoms. The second-order valence-corrected chi connectivity index (χ2v) is 4.64. The summed E-state index contributed by atoms with van der Waals surface area (Å²) in [4.78, 5) is 11.8. The number of fused-ring (bicyclic) bond motifs is 1. The minimum Gasteiger partial charge on any atom is -0.299 e. The van der Waals surface area contributed by atoms with Gasteiger partial charge in [-0.25, -0.2) is 0 Å². The highest BCUT2D eigenvalue weighted by Gasteiger charge is 2.48. The number of allylic oxidation sites excluding steroid dienone is 4. The second kappa shape index (κ2) is 2.57. The van der Waals surface area contributed by atoms with Crippen LogP contribution in [-0.2, 0) is 4.79 Å². The molecule has 0 amide bonds. The lowest BCUT2D eigenvalue weighted by molar-refractivity contribution is -0.122. The number of rotatable bonds is 0. The van der Waals surface area contributed by atoms with Crippen molar-refractivity contribution in [2.24, 2.45) is 17.3 Å². The van der Waals surface area contributed by atoms with Gasteiger partial charge in [0.1, 0.15) is 5.78 Å². The van der Waals surface area contributed by atoms with Crippen LogP contribution in [0.4, 0.5) is 0 Å². The van der Waals surface area contributed by atoms with E-state index in [1.165, 1.54) is 5.57 Å². The zero-order chi connectivity index (χ0) is 9.64. The summed E-state index contributed by atoms with van der Waals surface area (Å²) < 4.78 is 0. The number of carbonyl (C=O) groups is 1. The van der Waals surface area contributed by atoms with Crippen molar-refractivity contribution in [2.45, 2.75) is 27.2 Å². The number of Topliss-reactive ketones (excluding diaryl/α,β-unsaturated/α-hetero) is 1. The Kier molecular flexibility index (Phi) is 1.73. The van der Waals surface area contributed by atoms with E-state index in [-0.39, 0.29) is 17.3 Å². The maximum atomic E-state index is 11.8. The third-order valence-corrected chi connectivity index (χ3v) is 3.76. The van der Waals surface area contributed by atoms with Gasteiger partial charge in [-0.2, -0.15) is 0 Å². The summed E-state index contributed by atoms with van der Waals surface area (Å²) >= 11 is 0. The van der Waals surface area contributed by atoms with Crippen molar-refractivity contribution in [2.75, 3.05) is 0 Å². The van der Waals surface area contributed by atoms with Gasteiger partial charge < -0.3 is 0 Å². The third kappa shape index (κ3) is 1.03. The van der Waals surface area contributed by atoms with E-state index in [1.807, 2.05) is 13.0 Å². The highest BCUT2D eigenvalue weighted by molar-refractivity contribution is 5.89. The minimum atomic E-state index is 0.116. The van der Waals surface area contributed by atoms with Crippen LogP contribution in [0, 0.1) is 17.3 Å². The first-order chi connectivity index (χ1) is 6.05. The van der Waals surface area contributed by atoms with Crippen molar-refractivity contribution in [3.05, 3.63) is 23.8 Å². The molecule has 3 unspecified atom stereocenters. The van der Waals surface area contributed by atoms with Crippen molar-refractivity contribution in [1.29, 1.82) is 0 Å². The molecule has 1 saturated carbocycles. The molecule has 1 nitrogen and oxygen atoms in total. The molecule has 70 valence electrons. The molecule has 2 rings (SSSR count). The first kappa shape index (κ1) is 8.74. The summed E-state index contributed by atoms with van der Waals surface area (Å²) in [6.07, 6.45) is 7.25. The summed E-state index contributed by atoms with van der Waals surface area (Å²) in [6, 6.07) is 0. The highest BCUT2D eigenvalue weighted by Crippen LogP contribution is 2.50. The molecular weight excluding hydrogens is 160 g/mol. The van der Waals surface area contributed by atoms with Gasteiger partial charge in [-0.3, -0.25) is 4.79 Å². The maximum Gasteiger partial charge on any atom is 0.143 e. The molecule has 3 atom stereocenters. The fourth-order valence-electron chi connectivity index (χ4n) is 2.70. The zero-order valence-corrected chi connectivity index (χ0v) is 8.50. The molecule has 0 radical (unpaired) electrons. The minimum absolute atomic E-state index is 0.116. The fraction of sp³-hybridized carbons (Fsp3) is 0.583. The molecule has 0 bridgehead atoms. The molecule has 1 fully saturated rings. The summed E-state index contributed by atoms with van der Waals surface area (Å²) in [7, 11) is 0. The van der Waals surface area contributed by atoms with Crippen molar-refractivity contribution in [3.8, 4) is 0 Å². The highest BCUT2D eigenvalue weighted by atomic mass is 16.1. The summed E-state index contributed by atoms with van der Waals surface area (Å²) in [5, 5.41) is 0. The summed E-state index contributed by atoms with van der Waals surface area (Å²) in [5.74, 6) is 0.805. The molecule has 0 aromatic heterocycles. The van der Waals surface area contributed by atoms with Crippen LogP contribution in [-0.4, -0.2) is 5.78 Å². The van der Waals surface area contributed by atoms with Crippen LogP contribution in [0.2, 0.25) is 0 Å². The number of ketones is 1. The van der Waals surface area contributed by atoms with Crippen molar-refractivity contribution >= 4 is 5.78 Å². The van der Waals surface area contributed by atoms with E-state index in [2.05, 4.69) is 26.0 Å². The van der Waals surface area contributed by atoms with Crippen LogP contribution in [0.1, 0.15) is 27.2 Å². The molecule has 0 aliphatic heterocycles. The van der Waals surface area contributed by atoms with E-state index < -0.39 is 0 Å². The number of hydrogen-bond acceptors (Lipinski definition) is 1. The van der Waals surface area contributed by atoms with Crippen LogP contribution in [0.3, 0.4) is 0 Å². The smallest absolute Gasteiger partial charge is 0.143 e. The Balaban J connectivity index is 2.45. The van der Waals surface area contributed by atoms with Crippen LogP contribution >= 0.6 is 0 Å². The largest absolute Gasteiger partial charge is 0.299 e. The molecule has 0 aromatic carbocycles. The lowest BCUT2D eigenvalue weighted by atomic mass is 9.71. The Labute approximate surface area is 79.5 Å². The van der Waals surface area contributed by atoms with Gasteiger partial charge in [-0.1, -0.05) is 37.6 Å². The Morgan fingerprint density at radius 2 is 2.23 bits per heavy atom. The van der Waals surface area contributed by atoms with Gasteiger partial charge >= 0.3 is 0 Å². The van der Waals surface area contributed by atoms with Gasteiger partial charge in [0, 0.05) is 17.3 Å². The molecule has 0 aromatic rings. The van der Waals surface area contributed by atoms with Gasteiger partial charge in [-0.15, -0.1) is 0 Å². The van der Waals surface area contributed by atoms with Gasteiger partial charge in [0.15, 0.2) is 0 Å². The average Bonchev–Trinajstić information content (AvgIpc) is 2.29. The molecule has 0 heterocycles. The van der Waals surface area contributed by atoms with Crippen LogP contribution in [0.15, 0.2) is 23.8 Å². The Morgan fingerprint density at radius 3 is 2.85 bits per heavy atom. The molecule has 0 N–H and O–H groups in total. The average molecular weight is 176 g/mol. The lowest BCUT2D eigenvalue weighted by Gasteiger charge is -2.32. The number of carbonyl (C=O) groups excluding carboxylic acids is 1. The Morgan fingerprint density at radius 1 is 1.54 bits per heavy atom. The van der Waals surface area contributed by atoms with Crippen LogP contribution in [0.25, 0.3) is 0 Å². The van der Waals surface area contributed by atoms with Gasteiger partial charge in [-0.05, 0) is 13.3 Å². The number of hydrogen-bond donors (Lipinski definition) is 0. The van der Waals surface area contributed by atoms with E-state index in [0.29, 0.717) is 5.78 Å². The fourth-order valence-corrected chi connectivity index (χ4v) is 2.70. The van der Waals surface area contributed by atoms with E-state index in [0.717, 1.165) is 6.42 Å². The Hall–Kier alpha value is -0.850. The topological polar surface area (TPSA) is 17.1 Å². The van der Waals surface area contributed by atoms with Crippen molar-refractivity contribution in [3.63, 3.8) is 0 Å². The Bertz CT molecular complexity index is 311. The standard InChI is InChI=1S/C12H16O/c1-8-7-12(3)9(2)5-4-6-10(12)11(8)13/h4-6,8,10H,7H2,1-3H3. The predicted molar refractivity (Wildman–Crippen MR) is 53.3 cm³/mol. The van der Waals surface area contributed by atoms with E-state index in [9.17, 15) is 4.79 Å². The quantitative estimate of drug-likeness (QED) is 0.554. The third-order valence-electron chi connectivity index (χ3n) is 3.76. The molecule has 2 aliphatic rings. The molecule has 2 aliphatic carbocycles. The van der Waals surface area contributed by atoms with Crippen molar-refractivity contribution in [1.82, 2.24) is 0 Å². The SMILES string of the molecule is CC1=CC=CC2C(=O)C(C)CC12C. The molecule has 1 heteroatoms. The first-order valence-electron chi connectivity index (χ1n) is 4.95.